The van der Waals surface area contributed by atoms with Gasteiger partial charge in [-0.25, -0.2) is 0 Å². The van der Waals surface area contributed by atoms with E-state index in [0.717, 1.165) is 11.2 Å². The third-order valence-corrected chi connectivity index (χ3v) is 2.35. The molecule has 2 heterocycles. The summed E-state index contributed by atoms with van der Waals surface area (Å²) >= 11 is 3.39. The molecule has 2 aliphatic heterocycles. The van der Waals surface area contributed by atoms with E-state index < -0.39 is 0 Å². The number of dihydropyridines is 1. The number of halogens is 1. The lowest BCUT2D eigenvalue weighted by molar-refractivity contribution is 0.601. The van der Waals surface area contributed by atoms with Gasteiger partial charge in [-0.3, -0.25) is 5.32 Å². The highest BCUT2D eigenvalue weighted by Crippen LogP contribution is 2.19. The predicted molar refractivity (Wildman–Crippen MR) is 44.6 cm³/mol. The number of fused-ring (bicyclic) bond motifs is 1. The van der Waals surface area contributed by atoms with E-state index in [2.05, 4.69) is 38.7 Å². The van der Waals surface area contributed by atoms with Gasteiger partial charge in [0.15, 0.2) is 0 Å². The Bertz CT molecular complexity index is 208. The van der Waals surface area contributed by atoms with Crippen LogP contribution in [0.15, 0.2) is 22.3 Å². The summed E-state index contributed by atoms with van der Waals surface area (Å²) in [6, 6.07) is 0. The fraction of sp³-hybridized carbons (Fsp3) is 0.429. The first kappa shape index (κ1) is 6.43. The molecular formula is C7H9BrN2. The van der Waals surface area contributed by atoms with E-state index in [0.29, 0.717) is 6.17 Å². The fourth-order valence-electron chi connectivity index (χ4n) is 1.33. The Hall–Kier alpha value is -0.280. The molecule has 2 nitrogen and oxygen atoms in total. The first-order valence-corrected chi connectivity index (χ1v) is 4.22. The van der Waals surface area contributed by atoms with Gasteiger partial charge in [0.1, 0.15) is 0 Å². The quantitative estimate of drug-likeness (QED) is 0.573. The maximum atomic E-state index is 3.39. The van der Waals surface area contributed by atoms with Crippen LogP contribution >= 0.6 is 15.9 Å². The molecule has 0 aliphatic carbocycles. The normalized spacial score (nSPS) is 30.3. The smallest absolute Gasteiger partial charge is 0.0998 e. The van der Waals surface area contributed by atoms with Crippen molar-refractivity contribution in [2.75, 3.05) is 6.54 Å². The third-order valence-electron chi connectivity index (χ3n) is 1.86. The maximum absolute atomic E-state index is 3.39. The van der Waals surface area contributed by atoms with Gasteiger partial charge in [0, 0.05) is 6.54 Å². The molecule has 1 saturated heterocycles. The molecule has 2 rings (SSSR count). The Balaban J connectivity index is 2.22. The summed E-state index contributed by atoms with van der Waals surface area (Å²) in [6.07, 6.45) is 5.79. The lowest BCUT2D eigenvalue weighted by atomic mass is 10.1. The van der Waals surface area contributed by atoms with Crippen molar-refractivity contribution in [1.82, 2.24) is 10.6 Å². The Morgan fingerprint density at radius 2 is 2.40 bits per heavy atom. The number of hydrogen-bond acceptors (Lipinski definition) is 2. The standard InChI is InChI=1S/C7H9BrN2/c8-6-2-1-5-3-4-9-7(5)10-6/h1-2,7,9-10H,3-4H2. The highest BCUT2D eigenvalue weighted by atomic mass is 79.9. The van der Waals surface area contributed by atoms with Gasteiger partial charge in [0.25, 0.3) is 0 Å². The predicted octanol–water partition coefficient (Wildman–Crippen LogP) is 1.07. The number of hydrogen-bond donors (Lipinski definition) is 2. The Morgan fingerprint density at radius 3 is 3.30 bits per heavy atom. The summed E-state index contributed by atoms with van der Waals surface area (Å²) in [4.78, 5) is 0. The molecule has 1 atom stereocenters. The highest BCUT2D eigenvalue weighted by Gasteiger charge is 2.21. The van der Waals surface area contributed by atoms with Gasteiger partial charge < -0.3 is 5.32 Å². The maximum Gasteiger partial charge on any atom is 0.0998 e. The molecule has 2 N–H and O–H groups in total. The summed E-state index contributed by atoms with van der Waals surface area (Å²) in [6.45, 7) is 1.09. The van der Waals surface area contributed by atoms with Gasteiger partial charge in [-0.2, -0.15) is 0 Å². The lowest BCUT2D eigenvalue weighted by Crippen LogP contribution is -2.37. The summed E-state index contributed by atoms with van der Waals surface area (Å²) in [7, 11) is 0. The molecule has 0 saturated carbocycles. The van der Waals surface area contributed by atoms with E-state index in [-0.39, 0.29) is 0 Å². The Morgan fingerprint density at radius 1 is 1.50 bits per heavy atom. The average molecular weight is 201 g/mol. The second-order valence-corrected chi connectivity index (χ2v) is 3.39. The molecule has 10 heavy (non-hydrogen) atoms. The summed E-state index contributed by atoms with van der Waals surface area (Å²) in [5.74, 6) is 0. The topological polar surface area (TPSA) is 24.1 Å². The van der Waals surface area contributed by atoms with Crippen molar-refractivity contribution >= 4 is 15.9 Å². The minimum absolute atomic E-state index is 0.388. The van der Waals surface area contributed by atoms with Crippen LogP contribution in [0.4, 0.5) is 0 Å². The number of allylic oxidation sites excluding steroid dienone is 2. The molecule has 0 aromatic heterocycles. The van der Waals surface area contributed by atoms with Crippen LogP contribution in [0.25, 0.3) is 0 Å². The van der Waals surface area contributed by atoms with Gasteiger partial charge in [0.05, 0.1) is 10.8 Å². The molecule has 2 aliphatic rings. The number of rotatable bonds is 0. The summed E-state index contributed by atoms with van der Waals surface area (Å²) in [5.41, 5.74) is 1.46. The monoisotopic (exact) mass is 200 g/mol. The fourth-order valence-corrected chi connectivity index (χ4v) is 1.69. The molecule has 0 radical (unpaired) electrons. The van der Waals surface area contributed by atoms with Crippen molar-refractivity contribution in [1.29, 1.82) is 0 Å². The van der Waals surface area contributed by atoms with Crippen LogP contribution in [0.1, 0.15) is 6.42 Å². The van der Waals surface area contributed by atoms with Gasteiger partial charge in [0.2, 0.25) is 0 Å². The highest BCUT2D eigenvalue weighted by molar-refractivity contribution is 9.11. The van der Waals surface area contributed by atoms with E-state index in [1.807, 2.05) is 0 Å². The lowest BCUT2D eigenvalue weighted by Gasteiger charge is -2.18. The zero-order valence-corrected chi connectivity index (χ0v) is 7.11. The average Bonchev–Trinajstić information content (AvgIpc) is 2.33. The molecule has 0 bridgehead atoms. The van der Waals surface area contributed by atoms with Crippen molar-refractivity contribution in [3.8, 4) is 0 Å². The molecule has 1 unspecified atom stereocenters. The van der Waals surface area contributed by atoms with Crippen molar-refractivity contribution in [3.05, 3.63) is 22.3 Å². The van der Waals surface area contributed by atoms with Crippen LogP contribution in [0.3, 0.4) is 0 Å². The third kappa shape index (κ3) is 0.995. The molecule has 0 aromatic carbocycles. The Kier molecular flexibility index (Phi) is 1.54. The van der Waals surface area contributed by atoms with Crippen molar-refractivity contribution in [2.24, 2.45) is 0 Å². The first-order chi connectivity index (χ1) is 4.86. The van der Waals surface area contributed by atoms with E-state index in [9.17, 15) is 0 Å². The minimum atomic E-state index is 0.388. The minimum Gasteiger partial charge on any atom is -0.361 e. The Labute approximate surface area is 68.5 Å². The zero-order valence-electron chi connectivity index (χ0n) is 5.52. The van der Waals surface area contributed by atoms with Crippen molar-refractivity contribution < 1.29 is 0 Å². The van der Waals surface area contributed by atoms with Gasteiger partial charge in [-0.05, 0) is 34.0 Å². The van der Waals surface area contributed by atoms with Gasteiger partial charge in [-0.1, -0.05) is 6.08 Å². The number of nitrogens with one attached hydrogen (secondary N) is 2. The molecule has 54 valence electrons. The van der Waals surface area contributed by atoms with Crippen LogP contribution in [0.2, 0.25) is 0 Å². The van der Waals surface area contributed by atoms with E-state index in [4.69, 9.17) is 0 Å². The molecule has 0 spiro atoms. The van der Waals surface area contributed by atoms with Crippen LogP contribution < -0.4 is 10.6 Å². The van der Waals surface area contributed by atoms with Crippen molar-refractivity contribution in [2.45, 2.75) is 12.6 Å². The molecular weight excluding hydrogens is 192 g/mol. The second kappa shape index (κ2) is 2.40. The molecule has 0 aromatic rings. The largest absolute Gasteiger partial charge is 0.361 e. The molecule has 1 fully saturated rings. The van der Waals surface area contributed by atoms with Crippen LogP contribution in [-0.4, -0.2) is 12.7 Å². The SMILES string of the molecule is BrC1=CC=C2CCNC2N1. The summed E-state index contributed by atoms with van der Waals surface area (Å²) in [5, 5.41) is 6.62. The van der Waals surface area contributed by atoms with E-state index in [1.54, 1.807) is 0 Å². The summed E-state index contributed by atoms with van der Waals surface area (Å²) < 4.78 is 1.07. The van der Waals surface area contributed by atoms with Crippen LogP contribution in [-0.2, 0) is 0 Å². The molecule has 0 amide bonds. The second-order valence-electron chi connectivity index (χ2n) is 2.54. The first-order valence-electron chi connectivity index (χ1n) is 3.42. The van der Waals surface area contributed by atoms with Crippen LogP contribution in [0, 0.1) is 0 Å². The van der Waals surface area contributed by atoms with E-state index >= 15 is 0 Å². The molecule has 3 heteroatoms. The zero-order chi connectivity index (χ0) is 6.97. The van der Waals surface area contributed by atoms with Gasteiger partial charge in [-0.15, -0.1) is 0 Å². The van der Waals surface area contributed by atoms with Crippen molar-refractivity contribution in [3.63, 3.8) is 0 Å². The van der Waals surface area contributed by atoms with Gasteiger partial charge >= 0.3 is 0 Å². The van der Waals surface area contributed by atoms with Crippen LogP contribution in [0.5, 0.6) is 0 Å². The van der Waals surface area contributed by atoms with E-state index in [1.165, 1.54) is 12.0 Å².